The monoisotopic (exact) mass is 259 g/mol. The van der Waals surface area contributed by atoms with Crippen LogP contribution in [0.3, 0.4) is 0 Å². The van der Waals surface area contributed by atoms with E-state index in [1.54, 1.807) is 0 Å². The Labute approximate surface area is 114 Å². The molecule has 0 radical (unpaired) electrons. The van der Waals surface area contributed by atoms with Crippen LogP contribution in [0.15, 0.2) is 36.7 Å². The zero-order valence-corrected chi connectivity index (χ0v) is 11.4. The van der Waals surface area contributed by atoms with E-state index in [1.807, 2.05) is 41.3 Å². The Bertz CT molecular complexity index is 490. The van der Waals surface area contributed by atoms with Gasteiger partial charge in [0.15, 0.2) is 0 Å². The van der Waals surface area contributed by atoms with Crippen molar-refractivity contribution in [2.45, 2.75) is 26.3 Å². The van der Waals surface area contributed by atoms with Crippen molar-refractivity contribution in [2.24, 2.45) is 0 Å². The van der Waals surface area contributed by atoms with Crippen molar-refractivity contribution in [3.8, 4) is 11.1 Å². The summed E-state index contributed by atoms with van der Waals surface area (Å²) in [5, 5.41) is 4.34. The number of benzene rings is 1. The normalized spacial score (nSPS) is 10.8. The van der Waals surface area contributed by atoms with Crippen LogP contribution in [0.25, 0.3) is 11.1 Å². The number of nitrogens with zero attached hydrogens (tertiary/aromatic N) is 2. The van der Waals surface area contributed by atoms with E-state index in [4.69, 9.17) is 10.5 Å². The van der Waals surface area contributed by atoms with Gasteiger partial charge in [-0.3, -0.25) is 4.68 Å². The van der Waals surface area contributed by atoms with Crippen molar-refractivity contribution in [1.82, 2.24) is 9.78 Å². The van der Waals surface area contributed by atoms with E-state index < -0.39 is 0 Å². The molecule has 4 nitrogen and oxygen atoms in total. The Hall–Kier alpha value is -1.81. The average Bonchev–Trinajstić information content (AvgIpc) is 2.88. The molecule has 0 amide bonds. The average molecular weight is 259 g/mol. The molecule has 0 unspecified atom stereocenters. The third-order valence-electron chi connectivity index (χ3n) is 2.98. The van der Waals surface area contributed by atoms with Gasteiger partial charge in [0.1, 0.15) is 0 Å². The molecule has 0 saturated carbocycles. The molecule has 0 aliphatic heterocycles. The molecule has 4 heteroatoms. The number of ether oxygens (including phenoxy) is 1. The molecular weight excluding hydrogens is 238 g/mol. The number of aromatic nitrogens is 2. The molecule has 0 saturated heterocycles. The third-order valence-corrected chi connectivity index (χ3v) is 2.98. The Morgan fingerprint density at radius 2 is 1.95 bits per heavy atom. The van der Waals surface area contributed by atoms with Crippen LogP contribution in [0, 0.1) is 0 Å². The lowest BCUT2D eigenvalue weighted by Gasteiger charge is -2.03. The Morgan fingerprint density at radius 1 is 1.16 bits per heavy atom. The van der Waals surface area contributed by atoms with Crippen molar-refractivity contribution in [1.29, 1.82) is 0 Å². The molecule has 0 spiro atoms. The van der Waals surface area contributed by atoms with Crippen molar-refractivity contribution in [2.75, 3.05) is 18.9 Å². The number of nitrogens with two attached hydrogens (primary N) is 1. The fraction of sp³-hybridized carbons (Fsp3) is 0.400. The second-order valence-electron chi connectivity index (χ2n) is 4.58. The van der Waals surface area contributed by atoms with Gasteiger partial charge in [0.2, 0.25) is 0 Å². The molecule has 2 rings (SSSR count). The minimum absolute atomic E-state index is 0.711. The van der Waals surface area contributed by atoms with Gasteiger partial charge in [-0.1, -0.05) is 25.5 Å². The lowest BCUT2D eigenvalue weighted by Crippen LogP contribution is -2.06. The van der Waals surface area contributed by atoms with Crippen LogP contribution in [0.5, 0.6) is 0 Å². The number of hydrogen-bond donors (Lipinski definition) is 1. The maximum Gasteiger partial charge on any atom is 0.0662 e. The highest BCUT2D eigenvalue weighted by Gasteiger charge is 2.01. The molecule has 1 heterocycles. The zero-order chi connectivity index (χ0) is 13.5. The second-order valence-corrected chi connectivity index (χ2v) is 4.58. The van der Waals surface area contributed by atoms with Gasteiger partial charge in [-0.15, -0.1) is 0 Å². The summed E-state index contributed by atoms with van der Waals surface area (Å²) >= 11 is 0. The van der Waals surface area contributed by atoms with Gasteiger partial charge in [0.25, 0.3) is 0 Å². The van der Waals surface area contributed by atoms with Crippen LogP contribution in [0.2, 0.25) is 0 Å². The van der Waals surface area contributed by atoms with Gasteiger partial charge in [0.05, 0.1) is 19.3 Å². The van der Waals surface area contributed by atoms with Crippen LogP contribution in [-0.2, 0) is 11.3 Å². The molecule has 0 atom stereocenters. The summed E-state index contributed by atoms with van der Waals surface area (Å²) in [4.78, 5) is 0. The van der Waals surface area contributed by atoms with Crippen LogP contribution in [0.4, 0.5) is 5.69 Å². The number of nitrogen functional groups attached to an aromatic ring is 1. The molecular formula is C15H21N3O. The Kier molecular flexibility index (Phi) is 4.98. The smallest absolute Gasteiger partial charge is 0.0662 e. The highest BCUT2D eigenvalue weighted by atomic mass is 16.5. The van der Waals surface area contributed by atoms with E-state index in [9.17, 15) is 0 Å². The fourth-order valence-electron chi connectivity index (χ4n) is 1.82. The molecule has 1 aromatic heterocycles. The van der Waals surface area contributed by atoms with Crippen LogP contribution in [-0.4, -0.2) is 23.0 Å². The van der Waals surface area contributed by atoms with Crippen LogP contribution < -0.4 is 5.73 Å². The van der Waals surface area contributed by atoms with Gasteiger partial charge in [0, 0.05) is 24.1 Å². The van der Waals surface area contributed by atoms with E-state index in [2.05, 4.69) is 12.0 Å². The van der Waals surface area contributed by atoms with Crippen molar-refractivity contribution >= 4 is 5.69 Å². The predicted octanol–water partition coefficient (Wildman–Crippen LogP) is 2.95. The third kappa shape index (κ3) is 4.10. The van der Waals surface area contributed by atoms with E-state index in [-0.39, 0.29) is 0 Å². The quantitative estimate of drug-likeness (QED) is 0.614. The van der Waals surface area contributed by atoms with E-state index >= 15 is 0 Å². The number of unbranched alkanes of at least 4 members (excludes halogenated alkanes) is 1. The lowest BCUT2D eigenvalue weighted by atomic mass is 10.1. The summed E-state index contributed by atoms with van der Waals surface area (Å²) in [7, 11) is 0. The van der Waals surface area contributed by atoms with Gasteiger partial charge in [-0.2, -0.15) is 5.10 Å². The molecule has 0 fully saturated rings. The molecule has 2 aromatic rings. The first-order valence-corrected chi connectivity index (χ1v) is 6.75. The number of hydrogen-bond acceptors (Lipinski definition) is 3. The number of anilines is 1. The predicted molar refractivity (Wildman–Crippen MR) is 77.8 cm³/mol. The van der Waals surface area contributed by atoms with E-state index in [1.165, 1.54) is 6.42 Å². The first-order valence-electron chi connectivity index (χ1n) is 6.75. The summed E-state index contributed by atoms with van der Waals surface area (Å²) in [5.74, 6) is 0. The summed E-state index contributed by atoms with van der Waals surface area (Å²) in [6.07, 6.45) is 6.20. The molecule has 0 aliphatic carbocycles. The van der Waals surface area contributed by atoms with Gasteiger partial charge < -0.3 is 10.5 Å². The van der Waals surface area contributed by atoms with Crippen molar-refractivity contribution in [3.63, 3.8) is 0 Å². The minimum atomic E-state index is 0.711. The number of rotatable bonds is 7. The zero-order valence-electron chi connectivity index (χ0n) is 11.4. The second kappa shape index (κ2) is 6.95. The first-order chi connectivity index (χ1) is 9.29. The summed E-state index contributed by atoms with van der Waals surface area (Å²) < 4.78 is 7.45. The molecule has 0 aliphatic rings. The highest BCUT2D eigenvalue weighted by Crippen LogP contribution is 2.19. The first kappa shape index (κ1) is 13.6. The van der Waals surface area contributed by atoms with Gasteiger partial charge in [-0.05, 0) is 24.1 Å². The summed E-state index contributed by atoms with van der Waals surface area (Å²) in [6.45, 7) is 4.50. The maximum absolute atomic E-state index is 5.68. The maximum atomic E-state index is 5.68. The van der Waals surface area contributed by atoms with Crippen LogP contribution >= 0.6 is 0 Å². The topological polar surface area (TPSA) is 53.1 Å². The largest absolute Gasteiger partial charge is 0.399 e. The van der Waals surface area contributed by atoms with Gasteiger partial charge in [-0.25, -0.2) is 0 Å². The standard InChI is InChI=1S/C15H21N3O/c1-2-3-9-19-10-8-18-12-14(11-17-18)13-4-6-15(16)7-5-13/h4-7,11-12H,2-3,8-10,16H2,1H3. The molecule has 19 heavy (non-hydrogen) atoms. The van der Waals surface area contributed by atoms with Gasteiger partial charge >= 0.3 is 0 Å². The molecule has 0 bridgehead atoms. The Morgan fingerprint density at radius 3 is 2.68 bits per heavy atom. The minimum Gasteiger partial charge on any atom is -0.399 e. The molecule has 1 aromatic carbocycles. The fourth-order valence-corrected chi connectivity index (χ4v) is 1.82. The van der Waals surface area contributed by atoms with Crippen molar-refractivity contribution in [3.05, 3.63) is 36.7 Å². The van der Waals surface area contributed by atoms with Crippen LogP contribution in [0.1, 0.15) is 19.8 Å². The van der Waals surface area contributed by atoms with E-state index in [0.717, 1.165) is 36.4 Å². The molecule has 2 N–H and O–H groups in total. The van der Waals surface area contributed by atoms with E-state index in [0.29, 0.717) is 6.61 Å². The summed E-state index contributed by atoms with van der Waals surface area (Å²) in [6, 6.07) is 7.82. The Balaban J connectivity index is 1.86. The SMILES string of the molecule is CCCCOCCn1cc(-c2ccc(N)cc2)cn1. The summed E-state index contributed by atoms with van der Waals surface area (Å²) in [5.41, 5.74) is 8.69. The van der Waals surface area contributed by atoms with Crippen molar-refractivity contribution < 1.29 is 4.74 Å². The highest BCUT2D eigenvalue weighted by molar-refractivity contribution is 5.63. The molecule has 102 valence electrons. The lowest BCUT2D eigenvalue weighted by molar-refractivity contribution is 0.121.